The molecular weight excluding hydrogens is 414 g/mol. The number of para-hydroxylation sites is 2. The van der Waals surface area contributed by atoms with Crippen LogP contribution in [-0.4, -0.2) is 52.4 Å². The molecule has 0 bridgehead atoms. The van der Waals surface area contributed by atoms with E-state index in [1.54, 1.807) is 13.8 Å². The van der Waals surface area contributed by atoms with Gasteiger partial charge >= 0.3 is 0 Å². The predicted octanol–water partition coefficient (Wildman–Crippen LogP) is 3.04. The van der Waals surface area contributed by atoms with E-state index in [0.717, 1.165) is 35.0 Å². The van der Waals surface area contributed by atoms with Crippen molar-refractivity contribution < 1.29 is 9.59 Å². The van der Waals surface area contributed by atoms with Crippen LogP contribution in [0.25, 0.3) is 10.9 Å². The van der Waals surface area contributed by atoms with Gasteiger partial charge in [-0.1, -0.05) is 36.4 Å². The number of aromatic nitrogens is 1. The molecule has 1 fully saturated rings. The third kappa shape index (κ3) is 5.54. The predicted molar refractivity (Wildman–Crippen MR) is 132 cm³/mol. The number of carbonyl (C=O) groups is 2. The maximum Gasteiger partial charge on any atom is 0.245 e. The van der Waals surface area contributed by atoms with E-state index in [-0.39, 0.29) is 11.8 Å². The zero-order chi connectivity index (χ0) is 23.4. The number of piperidine rings is 1. The normalized spacial score (nSPS) is 15.9. The summed E-state index contributed by atoms with van der Waals surface area (Å²) in [5.41, 5.74) is 8.05. The Labute approximate surface area is 194 Å². The van der Waals surface area contributed by atoms with Crippen LogP contribution >= 0.6 is 0 Å². The van der Waals surface area contributed by atoms with Crippen LogP contribution in [-0.2, 0) is 16.0 Å². The Bertz CT molecular complexity index is 1090. The van der Waals surface area contributed by atoms with E-state index in [4.69, 9.17) is 5.73 Å². The topological polar surface area (TPSA) is 103 Å². The number of likely N-dealkylation sites (tertiary alicyclic amines) is 1. The Morgan fingerprint density at radius 3 is 2.45 bits per heavy atom. The first-order valence-corrected chi connectivity index (χ1v) is 11.6. The lowest BCUT2D eigenvalue weighted by Crippen LogP contribution is -2.58. The van der Waals surface area contributed by atoms with E-state index in [0.29, 0.717) is 25.6 Å². The largest absolute Gasteiger partial charge is 0.382 e. The summed E-state index contributed by atoms with van der Waals surface area (Å²) in [4.78, 5) is 31.3. The number of amides is 2. The molecule has 4 rings (SSSR count). The van der Waals surface area contributed by atoms with E-state index in [1.165, 1.54) is 0 Å². The number of fused-ring (bicyclic) bond motifs is 1. The number of H-pyrrole nitrogens is 1. The van der Waals surface area contributed by atoms with Gasteiger partial charge in [0.2, 0.25) is 11.8 Å². The lowest BCUT2D eigenvalue weighted by atomic mass is 9.99. The highest BCUT2D eigenvalue weighted by molar-refractivity contribution is 5.92. The standard InChI is InChI=1S/C26H33N5O2/c1-26(2,27)25(33)30-23(16-18-17-28-22-11-7-6-10-21(18)22)24(32)31-14-12-20(13-15-31)29-19-8-4-3-5-9-19/h3-11,17,20,23,28-29H,12-16,27H2,1-2H3,(H,30,33)/t23-/m1/s1. The van der Waals surface area contributed by atoms with Crippen molar-refractivity contribution in [3.05, 3.63) is 66.4 Å². The lowest BCUT2D eigenvalue weighted by Gasteiger charge is -2.35. The molecule has 0 spiro atoms. The Hall–Kier alpha value is -3.32. The molecule has 0 radical (unpaired) electrons. The van der Waals surface area contributed by atoms with Crippen LogP contribution in [0.4, 0.5) is 5.69 Å². The second-order valence-electron chi connectivity index (χ2n) is 9.42. The summed E-state index contributed by atoms with van der Waals surface area (Å²) < 4.78 is 0. The first kappa shape index (κ1) is 22.9. The second kappa shape index (κ2) is 9.67. The molecule has 1 aromatic heterocycles. The highest BCUT2D eigenvalue weighted by Crippen LogP contribution is 2.22. The van der Waals surface area contributed by atoms with Gasteiger partial charge in [0.15, 0.2) is 0 Å². The van der Waals surface area contributed by atoms with Crippen molar-refractivity contribution >= 4 is 28.4 Å². The smallest absolute Gasteiger partial charge is 0.245 e. The van der Waals surface area contributed by atoms with Gasteiger partial charge in [-0.25, -0.2) is 0 Å². The van der Waals surface area contributed by atoms with Gasteiger partial charge in [0.1, 0.15) is 6.04 Å². The Kier molecular flexibility index (Phi) is 6.70. The van der Waals surface area contributed by atoms with Crippen LogP contribution in [0.2, 0.25) is 0 Å². The zero-order valence-corrected chi connectivity index (χ0v) is 19.3. The maximum absolute atomic E-state index is 13.5. The third-order valence-corrected chi connectivity index (χ3v) is 6.24. The van der Waals surface area contributed by atoms with Crippen molar-refractivity contribution in [1.82, 2.24) is 15.2 Å². The Morgan fingerprint density at radius 2 is 1.76 bits per heavy atom. The lowest BCUT2D eigenvalue weighted by molar-refractivity contribution is -0.138. The van der Waals surface area contributed by atoms with Crippen LogP contribution in [0.5, 0.6) is 0 Å². The number of anilines is 1. The van der Waals surface area contributed by atoms with Crippen molar-refractivity contribution in [3.63, 3.8) is 0 Å². The fourth-order valence-electron chi connectivity index (χ4n) is 4.30. The highest BCUT2D eigenvalue weighted by atomic mass is 16.2. The molecule has 174 valence electrons. The summed E-state index contributed by atoms with van der Waals surface area (Å²) in [5.74, 6) is -0.391. The molecule has 1 saturated heterocycles. The van der Waals surface area contributed by atoms with Crippen molar-refractivity contribution in [2.75, 3.05) is 18.4 Å². The van der Waals surface area contributed by atoms with Crippen molar-refractivity contribution in [3.8, 4) is 0 Å². The summed E-state index contributed by atoms with van der Waals surface area (Å²) in [5, 5.41) is 7.53. The van der Waals surface area contributed by atoms with Gasteiger partial charge in [-0.2, -0.15) is 0 Å². The number of nitrogens with two attached hydrogens (primary N) is 1. The molecule has 2 amide bonds. The van der Waals surface area contributed by atoms with E-state index in [1.807, 2.05) is 53.6 Å². The number of aromatic amines is 1. The van der Waals surface area contributed by atoms with Gasteiger partial charge in [-0.3, -0.25) is 9.59 Å². The number of rotatable bonds is 7. The minimum Gasteiger partial charge on any atom is -0.382 e. The van der Waals surface area contributed by atoms with Gasteiger partial charge in [-0.05, 0) is 50.5 Å². The number of nitrogens with one attached hydrogen (secondary N) is 3. The molecule has 0 unspecified atom stereocenters. The third-order valence-electron chi connectivity index (χ3n) is 6.24. The number of nitrogens with zero attached hydrogens (tertiary/aromatic N) is 1. The molecular formula is C26H33N5O2. The van der Waals surface area contributed by atoms with Gasteiger partial charge in [-0.15, -0.1) is 0 Å². The number of hydrogen-bond donors (Lipinski definition) is 4. The molecule has 7 heteroatoms. The quantitative estimate of drug-likeness (QED) is 0.447. The summed E-state index contributed by atoms with van der Waals surface area (Å²) in [6, 6.07) is 17.8. The SMILES string of the molecule is CC(C)(N)C(=O)N[C@H](Cc1c[nH]c2ccccc12)C(=O)N1CCC(Nc2ccccc2)CC1. The van der Waals surface area contributed by atoms with E-state index in [2.05, 4.69) is 27.8 Å². The highest BCUT2D eigenvalue weighted by Gasteiger charge is 2.33. The van der Waals surface area contributed by atoms with Crippen molar-refractivity contribution in [2.45, 2.75) is 50.7 Å². The van der Waals surface area contributed by atoms with Crippen LogP contribution in [0.15, 0.2) is 60.8 Å². The van der Waals surface area contributed by atoms with Crippen LogP contribution in [0, 0.1) is 0 Å². The fourth-order valence-corrected chi connectivity index (χ4v) is 4.30. The fraction of sp³-hybridized carbons (Fsp3) is 0.385. The van der Waals surface area contributed by atoms with Crippen LogP contribution in [0.3, 0.4) is 0 Å². The minimum absolute atomic E-state index is 0.0592. The Morgan fingerprint density at radius 1 is 1.09 bits per heavy atom. The molecule has 7 nitrogen and oxygen atoms in total. The summed E-state index contributed by atoms with van der Waals surface area (Å²) in [7, 11) is 0. The molecule has 1 atom stereocenters. The molecule has 2 aromatic carbocycles. The average molecular weight is 448 g/mol. The number of benzene rings is 2. The number of carbonyl (C=O) groups excluding carboxylic acids is 2. The summed E-state index contributed by atoms with van der Waals surface area (Å²) in [6.45, 7) is 4.60. The first-order valence-electron chi connectivity index (χ1n) is 11.6. The van der Waals surface area contributed by atoms with Gasteiger partial charge in [0.05, 0.1) is 5.54 Å². The van der Waals surface area contributed by atoms with Gasteiger partial charge in [0.25, 0.3) is 0 Å². The van der Waals surface area contributed by atoms with Crippen molar-refractivity contribution in [1.29, 1.82) is 0 Å². The molecule has 0 aliphatic carbocycles. The van der Waals surface area contributed by atoms with Gasteiger partial charge < -0.3 is 26.3 Å². The average Bonchev–Trinajstić information content (AvgIpc) is 3.21. The minimum atomic E-state index is -1.06. The molecule has 33 heavy (non-hydrogen) atoms. The molecule has 3 aromatic rings. The van der Waals surface area contributed by atoms with Crippen molar-refractivity contribution in [2.24, 2.45) is 5.73 Å². The first-order chi connectivity index (χ1) is 15.8. The van der Waals surface area contributed by atoms with E-state index in [9.17, 15) is 9.59 Å². The monoisotopic (exact) mass is 447 g/mol. The van der Waals surface area contributed by atoms with Gasteiger partial charge in [0, 0.05) is 48.3 Å². The zero-order valence-electron chi connectivity index (χ0n) is 19.3. The number of hydrogen-bond acceptors (Lipinski definition) is 4. The Balaban J connectivity index is 1.45. The molecule has 1 aliphatic heterocycles. The molecule has 5 N–H and O–H groups in total. The van der Waals surface area contributed by atoms with Crippen LogP contribution in [0.1, 0.15) is 32.3 Å². The summed E-state index contributed by atoms with van der Waals surface area (Å²) >= 11 is 0. The van der Waals surface area contributed by atoms with Crippen LogP contribution < -0.4 is 16.4 Å². The summed E-state index contributed by atoms with van der Waals surface area (Å²) in [6.07, 6.45) is 4.04. The van der Waals surface area contributed by atoms with E-state index >= 15 is 0 Å². The second-order valence-corrected chi connectivity index (χ2v) is 9.42. The molecule has 2 heterocycles. The molecule has 1 aliphatic rings. The molecule has 0 saturated carbocycles. The van der Waals surface area contributed by atoms with E-state index < -0.39 is 11.6 Å². The maximum atomic E-state index is 13.5.